The third-order valence-electron chi connectivity index (χ3n) is 7.64. The maximum absolute atomic E-state index is 12.4. The number of hydrogen-bond acceptors (Lipinski definition) is 7. The molecule has 0 spiro atoms. The van der Waals surface area contributed by atoms with Crippen LogP contribution in [0.5, 0.6) is 0 Å². The van der Waals surface area contributed by atoms with Crippen molar-refractivity contribution in [2.45, 2.75) is 58.5 Å². The van der Waals surface area contributed by atoms with Gasteiger partial charge in [0.15, 0.2) is 6.10 Å². The van der Waals surface area contributed by atoms with Crippen LogP contribution in [-0.2, 0) is 28.6 Å². The van der Waals surface area contributed by atoms with E-state index in [0.29, 0.717) is 0 Å². The van der Waals surface area contributed by atoms with E-state index >= 15 is 0 Å². The van der Waals surface area contributed by atoms with E-state index in [-0.39, 0.29) is 35.9 Å². The van der Waals surface area contributed by atoms with E-state index in [1.165, 1.54) is 7.11 Å². The molecule has 0 heterocycles. The smallest absolute Gasteiger partial charge is 0.335 e. The fourth-order valence-electron chi connectivity index (χ4n) is 5.90. The van der Waals surface area contributed by atoms with E-state index in [1.807, 2.05) is 0 Å². The van der Waals surface area contributed by atoms with Gasteiger partial charge in [-0.2, -0.15) is 0 Å². The van der Waals surface area contributed by atoms with E-state index in [0.717, 1.165) is 44.8 Å². The minimum absolute atomic E-state index is 0.0901. The maximum atomic E-state index is 12.4. The van der Waals surface area contributed by atoms with Crippen molar-refractivity contribution >= 4 is 17.9 Å². The van der Waals surface area contributed by atoms with Crippen LogP contribution in [-0.4, -0.2) is 61.7 Å². The first-order valence-corrected chi connectivity index (χ1v) is 10.8. The second-order valence-corrected chi connectivity index (χ2v) is 9.48. The number of aliphatic hydroxyl groups excluding tert-OH is 1. The number of carboxylic acid groups (broad SMARTS) is 1. The number of esters is 2. The van der Waals surface area contributed by atoms with Crippen molar-refractivity contribution in [2.24, 2.45) is 28.6 Å². The molecule has 0 saturated heterocycles. The van der Waals surface area contributed by atoms with E-state index < -0.39 is 36.4 Å². The molecule has 0 unspecified atom stereocenters. The zero-order chi connectivity index (χ0) is 23.4. The summed E-state index contributed by atoms with van der Waals surface area (Å²) in [5.41, 5.74) is 0.641. The van der Waals surface area contributed by atoms with Crippen LogP contribution in [0, 0.1) is 28.6 Å². The number of aliphatic hydroxyl groups is 1. The number of fused-ring (bicyclic) bond motifs is 1. The van der Waals surface area contributed by atoms with Gasteiger partial charge in [0, 0.05) is 12.5 Å². The molecule has 2 N–H and O–H groups in total. The molecular formula is C23H36O8. The number of carbonyl (C=O) groups excluding carboxylic acids is 2. The van der Waals surface area contributed by atoms with Crippen LogP contribution >= 0.6 is 0 Å². The average molecular weight is 441 g/mol. The molecule has 31 heavy (non-hydrogen) atoms. The maximum Gasteiger partial charge on any atom is 0.335 e. The van der Waals surface area contributed by atoms with Gasteiger partial charge < -0.3 is 24.4 Å². The lowest BCUT2D eigenvalue weighted by Crippen LogP contribution is -2.53. The molecule has 6 atom stereocenters. The van der Waals surface area contributed by atoms with Gasteiger partial charge in [-0.05, 0) is 42.4 Å². The molecule has 0 aliphatic heterocycles. The largest absolute Gasteiger partial charge is 0.481 e. The second-order valence-electron chi connectivity index (χ2n) is 9.48. The van der Waals surface area contributed by atoms with Gasteiger partial charge in [-0.25, -0.2) is 4.79 Å². The van der Waals surface area contributed by atoms with Crippen molar-refractivity contribution in [2.75, 3.05) is 27.4 Å². The Morgan fingerprint density at radius 2 is 1.81 bits per heavy atom. The summed E-state index contributed by atoms with van der Waals surface area (Å²) in [6.07, 6.45) is 2.60. The van der Waals surface area contributed by atoms with E-state index in [9.17, 15) is 24.6 Å². The zero-order valence-electron chi connectivity index (χ0n) is 19.0. The Hall–Kier alpha value is -1.93. The predicted octanol–water partition coefficient (Wildman–Crippen LogP) is 2.58. The molecule has 8 heteroatoms. The van der Waals surface area contributed by atoms with Crippen LogP contribution in [0.4, 0.5) is 0 Å². The Morgan fingerprint density at radius 1 is 1.16 bits per heavy atom. The van der Waals surface area contributed by atoms with Gasteiger partial charge in [-0.3, -0.25) is 9.59 Å². The molecule has 0 aromatic heterocycles. The first-order valence-electron chi connectivity index (χ1n) is 10.8. The summed E-state index contributed by atoms with van der Waals surface area (Å²) in [7, 11) is 2.30. The van der Waals surface area contributed by atoms with Crippen LogP contribution in [0.15, 0.2) is 12.2 Å². The van der Waals surface area contributed by atoms with Crippen molar-refractivity contribution in [3.8, 4) is 0 Å². The lowest BCUT2D eigenvalue weighted by molar-refractivity contribution is -0.174. The van der Waals surface area contributed by atoms with E-state index in [2.05, 4.69) is 20.4 Å². The highest BCUT2D eigenvalue weighted by Crippen LogP contribution is 2.60. The summed E-state index contributed by atoms with van der Waals surface area (Å²) in [6, 6.07) is 0. The summed E-state index contributed by atoms with van der Waals surface area (Å²) < 4.78 is 15.5. The molecule has 2 aliphatic rings. The average Bonchev–Trinajstić information content (AvgIpc) is 2.73. The van der Waals surface area contributed by atoms with Crippen molar-refractivity contribution in [1.29, 1.82) is 0 Å². The Kier molecular flexibility index (Phi) is 8.27. The van der Waals surface area contributed by atoms with E-state index in [1.54, 1.807) is 0 Å². The number of carbonyl (C=O) groups is 3. The Labute approximate surface area is 183 Å². The van der Waals surface area contributed by atoms with Gasteiger partial charge >= 0.3 is 17.9 Å². The monoisotopic (exact) mass is 440 g/mol. The van der Waals surface area contributed by atoms with Crippen LogP contribution in [0.25, 0.3) is 0 Å². The van der Waals surface area contributed by atoms with Gasteiger partial charge in [-0.15, -0.1) is 0 Å². The van der Waals surface area contributed by atoms with Crippen molar-refractivity contribution in [3.05, 3.63) is 12.2 Å². The standard InChI is InChI=1S/C23H36O8/c1-14-7-8-17-22(2,13-24)9-6-10-23(17,3)16(14)12-31-19(21(28)30-5)15(11-18(25)26)20(27)29-4/h15-17,19,24H,1,6-13H2,2-5H3,(H,25,26)/t15-,16-,17+,19-,22-,23+/m0/s1. The number of methoxy groups -OCH3 is 2. The third-order valence-corrected chi connectivity index (χ3v) is 7.64. The molecule has 2 aliphatic carbocycles. The van der Waals surface area contributed by atoms with Gasteiger partial charge in [0.1, 0.15) is 5.92 Å². The molecule has 176 valence electrons. The molecule has 0 aromatic rings. The Morgan fingerprint density at radius 3 is 2.35 bits per heavy atom. The molecule has 8 nitrogen and oxygen atoms in total. The van der Waals surface area contributed by atoms with E-state index in [4.69, 9.17) is 14.2 Å². The zero-order valence-corrected chi connectivity index (χ0v) is 19.0. The molecular weight excluding hydrogens is 404 g/mol. The van der Waals surface area contributed by atoms with Gasteiger partial charge in [0.25, 0.3) is 0 Å². The molecule has 0 aromatic carbocycles. The second kappa shape index (κ2) is 10.1. The Balaban J connectivity index is 2.30. The van der Waals surface area contributed by atoms with Crippen LogP contribution in [0.3, 0.4) is 0 Å². The summed E-state index contributed by atoms with van der Waals surface area (Å²) in [4.78, 5) is 35.9. The number of aliphatic carboxylic acids is 1. The first-order chi connectivity index (χ1) is 14.5. The molecule has 2 rings (SSSR count). The van der Waals surface area contributed by atoms with Crippen LogP contribution in [0.2, 0.25) is 0 Å². The predicted molar refractivity (Wildman–Crippen MR) is 112 cm³/mol. The lowest BCUT2D eigenvalue weighted by Gasteiger charge is -2.58. The van der Waals surface area contributed by atoms with Gasteiger partial charge in [0.2, 0.25) is 0 Å². The summed E-state index contributed by atoms with van der Waals surface area (Å²) in [6.45, 7) is 8.78. The molecule has 0 bridgehead atoms. The van der Waals surface area contributed by atoms with Crippen LogP contribution in [0.1, 0.15) is 52.4 Å². The molecule has 2 fully saturated rings. The van der Waals surface area contributed by atoms with Crippen molar-refractivity contribution < 1.29 is 38.8 Å². The summed E-state index contributed by atoms with van der Waals surface area (Å²) >= 11 is 0. The highest BCUT2D eigenvalue weighted by Gasteiger charge is 2.54. The van der Waals surface area contributed by atoms with Crippen molar-refractivity contribution in [1.82, 2.24) is 0 Å². The number of hydrogen-bond donors (Lipinski definition) is 2. The number of rotatable bonds is 9. The quantitative estimate of drug-likeness (QED) is 0.415. The Bertz CT molecular complexity index is 704. The SMILES string of the molecule is C=C1CC[C@@H]2[C@](C)(CO)CCC[C@]2(C)[C@H]1CO[C@H](C(=O)OC)[C@H](CC(=O)O)C(=O)OC. The van der Waals surface area contributed by atoms with Gasteiger partial charge in [0.05, 0.1) is 27.2 Å². The lowest BCUT2D eigenvalue weighted by atomic mass is 9.47. The fourth-order valence-corrected chi connectivity index (χ4v) is 5.90. The highest BCUT2D eigenvalue weighted by atomic mass is 16.6. The highest BCUT2D eigenvalue weighted by molar-refractivity contribution is 5.86. The minimum Gasteiger partial charge on any atom is -0.481 e. The summed E-state index contributed by atoms with van der Waals surface area (Å²) in [5, 5.41) is 19.3. The molecule has 2 saturated carbocycles. The van der Waals surface area contributed by atoms with Crippen molar-refractivity contribution in [3.63, 3.8) is 0 Å². The molecule has 0 amide bonds. The molecule has 0 radical (unpaired) electrons. The fraction of sp³-hybridized carbons (Fsp3) is 0.783. The van der Waals surface area contributed by atoms with Gasteiger partial charge in [-0.1, -0.05) is 32.4 Å². The minimum atomic E-state index is -1.39. The number of carboxylic acids is 1. The normalized spacial score (nSPS) is 32.5. The van der Waals surface area contributed by atoms with Crippen LogP contribution < -0.4 is 0 Å². The topological polar surface area (TPSA) is 119 Å². The first kappa shape index (κ1) is 25.3. The third kappa shape index (κ3) is 5.12. The summed E-state index contributed by atoms with van der Waals surface area (Å²) in [5.74, 6) is -4.03. The number of ether oxygens (including phenoxy) is 3.